The van der Waals surface area contributed by atoms with Crippen molar-refractivity contribution < 1.29 is 9.53 Å². The van der Waals surface area contributed by atoms with Gasteiger partial charge in [-0.1, -0.05) is 12.1 Å². The topological polar surface area (TPSA) is 76.2 Å². The fraction of sp³-hybridized carbons (Fsp3) is 0.200. The zero-order chi connectivity index (χ0) is 10.6. The summed E-state index contributed by atoms with van der Waals surface area (Å²) in [5.74, 6) is -0.254. The largest absolute Gasteiger partial charge is 0.465 e. The van der Waals surface area contributed by atoms with Gasteiger partial charge >= 0.3 is 5.97 Å². The van der Waals surface area contributed by atoms with Crippen LogP contribution < -0.4 is 5.73 Å². The highest BCUT2D eigenvalue weighted by Gasteiger charge is 2.04. The highest BCUT2D eigenvalue weighted by molar-refractivity contribution is 5.89. The molecule has 0 heterocycles. The van der Waals surface area contributed by atoms with Crippen molar-refractivity contribution in [2.24, 2.45) is 5.73 Å². The molecule has 15 heavy (non-hydrogen) atoms. The molecule has 0 amide bonds. The van der Waals surface area contributed by atoms with Gasteiger partial charge in [0.25, 0.3) is 0 Å². The van der Waals surface area contributed by atoms with Crippen LogP contribution in [0.4, 0.5) is 0 Å². The van der Waals surface area contributed by atoms with Gasteiger partial charge in [-0.05, 0) is 17.7 Å². The van der Waals surface area contributed by atoms with E-state index in [0.717, 1.165) is 5.56 Å². The van der Waals surface area contributed by atoms with Crippen LogP contribution in [0, 0.1) is 5.41 Å². The second kappa shape index (κ2) is 6.03. The lowest BCUT2D eigenvalue weighted by molar-refractivity contribution is 0.0601. The Balaban J connectivity index is 0.00000196. The molecule has 0 radical (unpaired) electrons. The summed E-state index contributed by atoms with van der Waals surface area (Å²) in [6, 6.07) is 6.83. The third-order valence-corrected chi connectivity index (χ3v) is 1.77. The zero-order valence-corrected chi connectivity index (χ0v) is 9.14. The van der Waals surface area contributed by atoms with Crippen LogP contribution in [0.15, 0.2) is 24.3 Å². The summed E-state index contributed by atoms with van der Waals surface area (Å²) in [7, 11) is 1.34. The number of carbonyl (C=O) groups is 1. The van der Waals surface area contributed by atoms with E-state index in [4.69, 9.17) is 11.1 Å². The molecule has 0 saturated heterocycles. The molecule has 1 rings (SSSR count). The minimum atomic E-state index is -0.362. The summed E-state index contributed by atoms with van der Waals surface area (Å²) >= 11 is 0. The summed E-state index contributed by atoms with van der Waals surface area (Å²) in [6.07, 6.45) is 0.404. The lowest BCUT2D eigenvalue weighted by atomic mass is 10.1. The molecule has 5 heteroatoms. The van der Waals surface area contributed by atoms with Gasteiger partial charge in [0.05, 0.1) is 18.5 Å². The van der Waals surface area contributed by atoms with Crippen LogP contribution in [0.25, 0.3) is 0 Å². The quantitative estimate of drug-likeness (QED) is 0.466. The number of nitrogens with two attached hydrogens (primary N) is 1. The lowest BCUT2D eigenvalue weighted by Gasteiger charge is -2.01. The van der Waals surface area contributed by atoms with Gasteiger partial charge in [-0.15, -0.1) is 12.4 Å². The molecular formula is C10H13ClN2O2. The van der Waals surface area contributed by atoms with Crippen LogP contribution in [-0.2, 0) is 11.2 Å². The van der Waals surface area contributed by atoms with Crippen molar-refractivity contribution in [2.45, 2.75) is 6.42 Å². The molecule has 4 nitrogen and oxygen atoms in total. The van der Waals surface area contributed by atoms with E-state index in [-0.39, 0.29) is 24.2 Å². The second-order valence-electron chi connectivity index (χ2n) is 2.89. The van der Waals surface area contributed by atoms with E-state index in [1.54, 1.807) is 24.3 Å². The molecule has 0 aliphatic carbocycles. The molecule has 0 aliphatic rings. The van der Waals surface area contributed by atoms with Crippen molar-refractivity contribution >= 4 is 24.2 Å². The van der Waals surface area contributed by atoms with Gasteiger partial charge in [-0.3, -0.25) is 5.41 Å². The molecule has 0 atom stereocenters. The number of ether oxygens (including phenoxy) is 1. The Morgan fingerprint density at radius 2 is 1.93 bits per heavy atom. The minimum absolute atomic E-state index is 0. The van der Waals surface area contributed by atoms with Crippen LogP contribution in [0.3, 0.4) is 0 Å². The predicted octanol–water partition coefficient (Wildman–Crippen LogP) is 1.37. The molecule has 82 valence electrons. The number of methoxy groups -OCH3 is 1. The zero-order valence-electron chi connectivity index (χ0n) is 8.32. The Kier molecular flexibility index (Phi) is 5.41. The number of esters is 1. The monoisotopic (exact) mass is 228 g/mol. The number of halogens is 1. The first-order chi connectivity index (χ1) is 6.63. The molecule has 0 aliphatic heterocycles. The standard InChI is InChI=1S/C10H12N2O2.ClH/c1-14-10(13)8-4-2-7(3-5-8)6-9(11)12;/h2-5H,6H2,1H3,(H3,11,12);1H. The van der Waals surface area contributed by atoms with Crippen molar-refractivity contribution in [1.82, 2.24) is 0 Å². The van der Waals surface area contributed by atoms with Crippen LogP contribution in [0.1, 0.15) is 15.9 Å². The number of rotatable bonds is 3. The number of benzene rings is 1. The van der Waals surface area contributed by atoms with Gasteiger partial charge in [-0.2, -0.15) is 0 Å². The minimum Gasteiger partial charge on any atom is -0.465 e. The van der Waals surface area contributed by atoms with Gasteiger partial charge in [0.2, 0.25) is 0 Å². The van der Waals surface area contributed by atoms with Crippen LogP contribution in [0.2, 0.25) is 0 Å². The number of hydrogen-bond donors (Lipinski definition) is 2. The van der Waals surface area contributed by atoms with E-state index in [2.05, 4.69) is 4.74 Å². The van der Waals surface area contributed by atoms with Crippen LogP contribution in [-0.4, -0.2) is 18.9 Å². The maximum atomic E-state index is 11.1. The summed E-state index contributed by atoms with van der Waals surface area (Å²) in [5, 5.41) is 7.09. The van der Waals surface area contributed by atoms with Gasteiger partial charge < -0.3 is 10.5 Å². The van der Waals surface area contributed by atoms with Crippen LogP contribution in [0.5, 0.6) is 0 Å². The third-order valence-electron chi connectivity index (χ3n) is 1.77. The van der Waals surface area contributed by atoms with Crippen molar-refractivity contribution in [1.29, 1.82) is 5.41 Å². The maximum Gasteiger partial charge on any atom is 0.337 e. The van der Waals surface area contributed by atoms with Crippen molar-refractivity contribution in [2.75, 3.05) is 7.11 Å². The Morgan fingerprint density at radius 1 is 1.40 bits per heavy atom. The number of carbonyl (C=O) groups excluding carboxylic acids is 1. The first kappa shape index (κ1) is 13.4. The van der Waals surface area contributed by atoms with E-state index >= 15 is 0 Å². The SMILES string of the molecule is COC(=O)c1ccc(CC(=N)N)cc1.Cl. The fourth-order valence-corrected chi connectivity index (χ4v) is 1.10. The van der Waals surface area contributed by atoms with Gasteiger partial charge in [-0.25, -0.2) is 4.79 Å². The molecule has 0 saturated carbocycles. The number of hydrogen-bond acceptors (Lipinski definition) is 3. The Hall–Kier alpha value is -1.55. The molecule has 0 unspecified atom stereocenters. The first-order valence-corrected chi connectivity index (χ1v) is 4.13. The highest BCUT2D eigenvalue weighted by Crippen LogP contribution is 2.05. The van der Waals surface area contributed by atoms with Crippen molar-refractivity contribution in [3.05, 3.63) is 35.4 Å². The lowest BCUT2D eigenvalue weighted by Crippen LogP contribution is -2.12. The van der Waals surface area contributed by atoms with E-state index in [1.807, 2.05) is 0 Å². The molecule has 3 N–H and O–H groups in total. The summed E-state index contributed by atoms with van der Waals surface area (Å²) in [6.45, 7) is 0. The smallest absolute Gasteiger partial charge is 0.337 e. The molecule has 0 bridgehead atoms. The highest BCUT2D eigenvalue weighted by atomic mass is 35.5. The van der Waals surface area contributed by atoms with Gasteiger partial charge in [0.15, 0.2) is 0 Å². The van der Waals surface area contributed by atoms with E-state index in [0.29, 0.717) is 12.0 Å². The van der Waals surface area contributed by atoms with E-state index < -0.39 is 0 Å². The Morgan fingerprint density at radius 3 is 2.33 bits per heavy atom. The number of amidine groups is 1. The molecule has 1 aromatic carbocycles. The van der Waals surface area contributed by atoms with Gasteiger partial charge in [0, 0.05) is 6.42 Å². The predicted molar refractivity (Wildman–Crippen MR) is 60.6 cm³/mol. The molecule has 0 spiro atoms. The van der Waals surface area contributed by atoms with Crippen molar-refractivity contribution in [3.63, 3.8) is 0 Å². The number of nitrogens with one attached hydrogen (secondary N) is 1. The molecular weight excluding hydrogens is 216 g/mol. The fourth-order valence-electron chi connectivity index (χ4n) is 1.10. The normalized spacial score (nSPS) is 8.87. The maximum absolute atomic E-state index is 11.1. The average Bonchev–Trinajstić information content (AvgIpc) is 2.17. The van der Waals surface area contributed by atoms with E-state index in [9.17, 15) is 4.79 Å². The summed E-state index contributed by atoms with van der Waals surface area (Å²) < 4.78 is 4.55. The Labute approximate surface area is 94.3 Å². The van der Waals surface area contributed by atoms with Gasteiger partial charge in [0.1, 0.15) is 0 Å². The average molecular weight is 229 g/mol. The molecule has 1 aromatic rings. The summed E-state index contributed by atoms with van der Waals surface area (Å²) in [5.41, 5.74) is 6.65. The molecule has 0 aromatic heterocycles. The third kappa shape index (κ3) is 3.99. The van der Waals surface area contributed by atoms with E-state index in [1.165, 1.54) is 7.11 Å². The summed E-state index contributed by atoms with van der Waals surface area (Å²) in [4.78, 5) is 11.1. The van der Waals surface area contributed by atoms with Crippen LogP contribution >= 0.6 is 12.4 Å². The Bertz CT molecular complexity index is 349. The second-order valence-corrected chi connectivity index (χ2v) is 2.89. The first-order valence-electron chi connectivity index (χ1n) is 4.13. The van der Waals surface area contributed by atoms with Crippen molar-refractivity contribution in [3.8, 4) is 0 Å². The molecule has 0 fully saturated rings.